The van der Waals surface area contributed by atoms with Gasteiger partial charge in [0.1, 0.15) is 5.75 Å². The second kappa shape index (κ2) is 7.04. The van der Waals surface area contributed by atoms with E-state index < -0.39 is 12.1 Å². The van der Waals surface area contributed by atoms with Gasteiger partial charge in [0, 0.05) is 0 Å². The van der Waals surface area contributed by atoms with Gasteiger partial charge in [-0.1, -0.05) is 39.3 Å². The van der Waals surface area contributed by atoms with E-state index in [4.69, 9.17) is 9.84 Å². The molecular formula is C15H22O3. The van der Waals surface area contributed by atoms with Crippen LogP contribution in [0.5, 0.6) is 5.75 Å². The van der Waals surface area contributed by atoms with Gasteiger partial charge < -0.3 is 9.84 Å². The van der Waals surface area contributed by atoms with Crippen LogP contribution in [0.2, 0.25) is 0 Å². The molecule has 0 aromatic heterocycles. The van der Waals surface area contributed by atoms with E-state index in [-0.39, 0.29) is 0 Å². The van der Waals surface area contributed by atoms with Gasteiger partial charge in [-0.3, -0.25) is 0 Å². The largest absolute Gasteiger partial charge is 0.479 e. The minimum atomic E-state index is -0.892. The van der Waals surface area contributed by atoms with Crippen molar-refractivity contribution in [1.82, 2.24) is 0 Å². The predicted molar refractivity (Wildman–Crippen MR) is 72.1 cm³/mol. The van der Waals surface area contributed by atoms with Crippen molar-refractivity contribution in [2.75, 3.05) is 0 Å². The SMILES string of the molecule is CCCC[C@@H](Oc1ccc(C(C)C)cc1)C(=O)O. The molecular weight excluding hydrogens is 228 g/mol. The molecule has 1 N–H and O–H groups in total. The summed E-state index contributed by atoms with van der Waals surface area (Å²) in [6, 6.07) is 7.66. The van der Waals surface area contributed by atoms with Crippen molar-refractivity contribution < 1.29 is 14.6 Å². The van der Waals surface area contributed by atoms with Crippen LogP contribution in [0, 0.1) is 0 Å². The topological polar surface area (TPSA) is 46.5 Å². The van der Waals surface area contributed by atoms with E-state index in [1.165, 1.54) is 5.56 Å². The van der Waals surface area contributed by atoms with Gasteiger partial charge in [0.05, 0.1) is 0 Å². The van der Waals surface area contributed by atoms with E-state index in [2.05, 4.69) is 13.8 Å². The van der Waals surface area contributed by atoms with E-state index in [9.17, 15) is 4.79 Å². The van der Waals surface area contributed by atoms with Crippen molar-refractivity contribution in [1.29, 1.82) is 0 Å². The highest BCUT2D eigenvalue weighted by Crippen LogP contribution is 2.20. The van der Waals surface area contributed by atoms with Gasteiger partial charge in [-0.25, -0.2) is 4.79 Å². The first-order valence-corrected chi connectivity index (χ1v) is 6.54. The number of unbranched alkanes of at least 4 members (excludes halogenated alkanes) is 1. The molecule has 1 aromatic rings. The van der Waals surface area contributed by atoms with Crippen molar-refractivity contribution in [2.45, 2.75) is 52.1 Å². The summed E-state index contributed by atoms with van der Waals surface area (Å²) < 4.78 is 5.51. The lowest BCUT2D eigenvalue weighted by Gasteiger charge is -2.15. The van der Waals surface area contributed by atoms with E-state index >= 15 is 0 Å². The van der Waals surface area contributed by atoms with Crippen LogP contribution in [0.25, 0.3) is 0 Å². The number of hydrogen-bond acceptors (Lipinski definition) is 2. The molecule has 3 heteroatoms. The number of carbonyl (C=O) groups is 1. The molecule has 0 aliphatic heterocycles. The van der Waals surface area contributed by atoms with Crippen molar-refractivity contribution in [2.24, 2.45) is 0 Å². The minimum Gasteiger partial charge on any atom is -0.479 e. The molecule has 0 unspecified atom stereocenters. The van der Waals surface area contributed by atoms with Crippen molar-refractivity contribution in [3.63, 3.8) is 0 Å². The van der Waals surface area contributed by atoms with Crippen LogP contribution in [-0.2, 0) is 4.79 Å². The van der Waals surface area contributed by atoms with Gasteiger partial charge in [0.15, 0.2) is 6.10 Å². The fraction of sp³-hybridized carbons (Fsp3) is 0.533. The lowest BCUT2D eigenvalue weighted by molar-refractivity contribution is -0.145. The number of hydrogen-bond donors (Lipinski definition) is 1. The molecule has 0 saturated heterocycles. The Morgan fingerprint density at radius 3 is 2.33 bits per heavy atom. The lowest BCUT2D eigenvalue weighted by atomic mass is 10.0. The summed E-state index contributed by atoms with van der Waals surface area (Å²) in [6.07, 6.45) is 1.65. The van der Waals surface area contributed by atoms with Crippen LogP contribution in [-0.4, -0.2) is 17.2 Å². The Hall–Kier alpha value is -1.51. The third-order valence-corrected chi connectivity index (χ3v) is 2.92. The number of carboxylic acid groups (broad SMARTS) is 1. The molecule has 1 rings (SSSR count). The van der Waals surface area contributed by atoms with Crippen LogP contribution in [0.15, 0.2) is 24.3 Å². The quantitative estimate of drug-likeness (QED) is 0.800. The minimum absolute atomic E-state index is 0.467. The van der Waals surface area contributed by atoms with Crippen LogP contribution < -0.4 is 4.74 Å². The number of ether oxygens (including phenoxy) is 1. The molecule has 0 fully saturated rings. The fourth-order valence-corrected chi connectivity index (χ4v) is 1.72. The van der Waals surface area contributed by atoms with Gasteiger partial charge in [-0.15, -0.1) is 0 Å². The average molecular weight is 250 g/mol. The Kier molecular flexibility index (Phi) is 5.69. The molecule has 0 saturated carbocycles. The number of carboxylic acids is 1. The number of aliphatic carboxylic acids is 1. The Balaban J connectivity index is 2.66. The maximum Gasteiger partial charge on any atom is 0.344 e. The standard InChI is InChI=1S/C15H22O3/c1-4-5-6-14(15(16)17)18-13-9-7-12(8-10-13)11(2)3/h7-11,14H,4-6H2,1-3H3,(H,16,17)/t14-/m1/s1. The summed E-state index contributed by atoms with van der Waals surface area (Å²) in [5.74, 6) is 0.203. The Morgan fingerprint density at radius 2 is 1.89 bits per heavy atom. The summed E-state index contributed by atoms with van der Waals surface area (Å²) in [6.45, 7) is 6.28. The fourth-order valence-electron chi connectivity index (χ4n) is 1.72. The third-order valence-electron chi connectivity index (χ3n) is 2.92. The van der Waals surface area contributed by atoms with Crippen LogP contribution in [0.1, 0.15) is 51.5 Å². The summed E-state index contributed by atoms with van der Waals surface area (Å²) in [5.41, 5.74) is 1.22. The second-order valence-electron chi connectivity index (χ2n) is 4.81. The molecule has 0 radical (unpaired) electrons. The number of benzene rings is 1. The molecule has 0 bridgehead atoms. The Labute approximate surface area is 109 Å². The van der Waals surface area contributed by atoms with E-state index in [1.54, 1.807) is 0 Å². The molecule has 0 heterocycles. The molecule has 100 valence electrons. The summed E-state index contributed by atoms with van der Waals surface area (Å²) in [4.78, 5) is 11.1. The predicted octanol–water partition coefficient (Wildman–Crippen LogP) is 3.83. The van der Waals surface area contributed by atoms with E-state index in [0.29, 0.717) is 18.1 Å². The van der Waals surface area contributed by atoms with Gasteiger partial charge in [0.2, 0.25) is 0 Å². The van der Waals surface area contributed by atoms with Crippen molar-refractivity contribution in [3.05, 3.63) is 29.8 Å². The molecule has 1 atom stereocenters. The highest BCUT2D eigenvalue weighted by atomic mass is 16.5. The average Bonchev–Trinajstić information content (AvgIpc) is 2.34. The van der Waals surface area contributed by atoms with Gasteiger partial charge in [0.25, 0.3) is 0 Å². The van der Waals surface area contributed by atoms with Gasteiger partial charge >= 0.3 is 5.97 Å². The zero-order valence-electron chi connectivity index (χ0n) is 11.3. The first-order valence-electron chi connectivity index (χ1n) is 6.54. The van der Waals surface area contributed by atoms with Crippen LogP contribution in [0.4, 0.5) is 0 Å². The first-order chi connectivity index (χ1) is 8.54. The third kappa shape index (κ3) is 4.40. The second-order valence-corrected chi connectivity index (χ2v) is 4.81. The van der Waals surface area contributed by atoms with Gasteiger partial charge in [-0.05, 0) is 36.5 Å². The molecule has 1 aromatic carbocycles. The molecule has 0 aliphatic rings. The Bertz CT molecular complexity index is 368. The van der Waals surface area contributed by atoms with Crippen LogP contribution >= 0.6 is 0 Å². The maximum absolute atomic E-state index is 11.1. The monoisotopic (exact) mass is 250 g/mol. The van der Waals surface area contributed by atoms with E-state index in [1.807, 2.05) is 31.2 Å². The highest BCUT2D eigenvalue weighted by molar-refractivity contribution is 5.72. The Morgan fingerprint density at radius 1 is 1.28 bits per heavy atom. The van der Waals surface area contributed by atoms with Crippen molar-refractivity contribution in [3.8, 4) is 5.75 Å². The highest BCUT2D eigenvalue weighted by Gasteiger charge is 2.18. The zero-order valence-corrected chi connectivity index (χ0v) is 11.3. The van der Waals surface area contributed by atoms with E-state index in [0.717, 1.165) is 12.8 Å². The van der Waals surface area contributed by atoms with Crippen LogP contribution in [0.3, 0.4) is 0 Å². The molecule has 0 aliphatic carbocycles. The lowest BCUT2D eigenvalue weighted by Crippen LogP contribution is -2.26. The molecule has 3 nitrogen and oxygen atoms in total. The normalized spacial score (nSPS) is 12.4. The first kappa shape index (κ1) is 14.6. The van der Waals surface area contributed by atoms with Gasteiger partial charge in [-0.2, -0.15) is 0 Å². The summed E-state index contributed by atoms with van der Waals surface area (Å²) in [5, 5.41) is 9.08. The zero-order chi connectivity index (χ0) is 13.5. The number of rotatable bonds is 7. The summed E-state index contributed by atoms with van der Waals surface area (Å²) >= 11 is 0. The maximum atomic E-state index is 11.1. The molecule has 0 amide bonds. The molecule has 0 spiro atoms. The summed E-state index contributed by atoms with van der Waals surface area (Å²) in [7, 11) is 0. The molecule has 18 heavy (non-hydrogen) atoms. The van der Waals surface area contributed by atoms with Crippen molar-refractivity contribution >= 4 is 5.97 Å². The smallest absolute Gasteiger partial charge is 0.344 e.